The Morgan fingerprint density at radius 3 is 2.77 bits per heavy atom. The first-order valence-corrected chi connectivity index (χ1v) is 4.41. The van der Waals surface area contributed by atoms with Gasteiger partial charge in [0.05, 0.1) is 17.4 Å². The average Bonchev–Trinajstić information content (AvgIpc) is 2.28. The van der Waals surface area contributed by atoms with Gasteiger partial charge in [-0.2, -0.15) is 5.10 Å². The third-order valence-electron chi connectivity index (χ3n) is 1.99. The normalized spacial score (nSPS) is 12.9. The van der Waals surface area contributed by atoms with E-state index in [0.717, 1.165) is 23.4 Å². The minimum absolute atomic E-state index is 0.0173. The third kappa shape index (κ3) is 2.42. The van der Waals surface area contributed by atoms with Crippen molar-refractivity contribution in [2.24, 2.45) is 12.8 Å². The Morgan fingerprint density at radius 2 is 2.38 bits per heavy atom. The van der Waals surface area contributed by atoms with Crippen molar-refractivity contribution in [1.29, 1.82) is 0 Å². The first kappa shape index (κ1) is 9.99. The molecule has 1 aromatic heterocycles. The molecule has 13 heavy (non-hydrogen) atoms. The van der Waals surface area contributed by atoms with E-state index in [4.69, 9.17) is 5.73 Å². The highest BCUT2D eigenvalue weighted by atomic mass is 15.3. The lowest BCUT2D eigenvalue weighted by molar-refractivity contribution is 0.614. The zero-order chi connectivity index (χ0) is 10.0. The van der Waals surface area contributed by atoms with Gasteiger partial charge in [0.25, 0.3) is 0 Å². The predicted molar refractivity (Wildman–Crippen MR) is 54.3 cm³/mol. The molecule has 1 aromatic rings. The number of aryl methyl sites for hydroxylation is 2. The number of nitrogens with two attached hydrogens (primary N) is 1. The van der Waals surface area contributed by atoms with Crippen LogP contribution in [0, 0.1) is 6.92 Å². The molecule has 0 bridgehead atoms. The van der Waals surface area contributed by atoms with Crippen molar-refractivity contribution in [2.75, 3.05) is 0 Å². The smallest absolute Gasteiger partial charge is 0.0597 e. The van der Waals surface area contributed by atoms with Crippen LogP contribution >= 0.6 is 0 Å². The lowest BCUT2D eigenvalue weighted by Crippen LogP contribution is -2.14. The molecule has 3 nitrogen and oxygen atoms in total. The van der Waals surface area contributed by atoms with Gasteiger partial charge in [0.2, 0.25) is 0 Å². The molecule has 1 unspecified atom stereocenters. The maximum Gasteiger partial charge on any atom is 0.0597 e. The lowest BCUT2D eigenvalue weighted by Gasteiger charge is -2.11. The quantitative estimate of drug-likeness (QED) is 0.718. The summed E-state index contributed by atoms with van der Waals surface area (Å²) < 4.78 is 1.84. The zero-order valence-corrected chi connectivity index (χ0v) is 8.54. The molecule has 0 aromatic carbocycles. The second-order valence-electron chi connectivity index (χ2n) is 3.60. The van der Waals surface area contributed by atoms with Crippen molar-refractivity contribution in [3.8, 4) is 0 Å². The highest BCUT2D eigenvalue weighted by Gasteiger charge is 2.10. The topological polar surface area (TPSA) is 43.8 Å². The van der Waals surface area contributed by atoms with Crippen LogP contribution in [0.3, 0.4) is 0 Å². The van der Waals surface area contributed by atoms with Gasteiger partial charge in [-0.1, -0.05) is 5.57 Å². The molecule has 0 aliphatic carbocycles. The van der Waals surface area contributed by atoms with E-state index in [-0.39, 0.29) is 6.04 Å². The van der Waals surface area contributed by atoms with E-state index in [1.807, 2.05) is 31.6 Å². The number of nitrogens with zero attached hydrogens (tertiary/aromatic N) is 2. The first-order valence-electron chi connectivity index (χ1n) is 4.41. The van der Waals surface area contributed by atoms with Crippen LogP contribution in [-0.4, -0.2) is 9.78 Å². The maximum absolute atomic E-state index is 5.99. The molecule has 1 heterocycles. The molecule has 0 aliphatic heterocycles. The van der Waals surface area contributed by atoms with Crippen LogP contribution in [-0.2, 0) is 7.05 Å². The molecule has 0 radical (unpaired) electrons. The molecule has 72 valence electrons. The van der Waals surface area contributed by atoms with E-state index < -0.39 is 0 Å². The van der Waals surface area contributed by atoms with Crippen LogP contribution in [0.1, 0.15) is 30.8 Å². The summed E-state index contributed by atoms with van der Waals surface area (Å²) in [6, 6.07) is 2.04. The van der Waals surface area contributed by atoms with Gasteiger partial charge in [0.1, 0.15) is 0 Å². The Labute approximate surface area is 79.2 Å². The molecule has 1 atom stereocenters. The van der Waals surface area contributed by atoms with Gasteiger partial charge in [0.15, 0.2) is 0 Å². The molecule has 0 saturated heterocycles. The van der Waals surface area contributed by atoms with Crippen LogP contribution in [0.5, 0.6) is 0 Å². The Bertz CT molecular complexity index is 312. The fourth-order valence-corrected chi connectivity index (χ4v) is 1.46. The Hall–Kier alpha value is -1.09. The molecule has 0 saturated carbocycles. The molecule has 0 aliphatic rings. The minimum Gasteiger partial charge on any atom is -0.322 e. The SMILES string of the molecule is C=C(C)CC(N)c1cc(C)nn1C. The summed E-state index contributed by atoms with van der Waals surface area (Å²) in [6.07, 6.45) is 0.818. The van der Waals surface area contributed by atoms with E-state index >= 15 is 0 Å². The fourth-order valence-electron chi connectivity index (χ4n) is 1.46. The standard InChI is InChI=1S/C10H17N3/c1-7(2)5-9(11)10-6-8(3)12-13(10)4/h6,9H,1,5,11H2,2-4H3. The van der Waals surface area contributed by atoms with Gasteiger partial charge in [0, 0.05) is 7.05 Å². The largest absolute Gasteiger partial charge is 0.322 e. The Kier molecular flexibility index (Phi) is 2.88. The lowest BCUT2D eigenvalue weighted by atomic mass is 10.1. The van der Waals surface area contributed by atoms with E-state index in [2.05, 4.69) is 11.7 Å². The van der Waals surface area contributed by atoms with Crippen molar-refractivity contribution in [3.63, 3.8) is 0 Å². The number of hydrogen-bond acceptors (Lipinski definition) is 2. The Balaban J connectivity index is 2.81. The summed E-state index contributed by atoms with van der Waals surface area (Å²) in [5.74, 6) is 0. The van der Waals surface area contributed by atoms with Gasteiger partial charge >= 0.3 is 0 Å². The second-order valence-corrected chi connectivity index (χ2v) is 3.60. The summed E-state index contributed by atoms with van der Waals surface area (Å²) in [5.41, 5.74) is 9.17. The second kappa shape index (κ2) is 3.75. The van der Waals surface area contributed by atoms with Gasteiger partial charge in [-0.15, -0.1) is 6.58 Å². The average molecular weight is 179 g/mol. The highest BCUT2D eigenvalue weighted by Crippen LogP contribution is 2.17. The van der Waals surface area contributed by atoms with E-state index in [1.165, 1.54) is 0 Å². The molecule has 0 fully saturated rings. The van der Waals surface area contributed by atoms with Crippen molar-refractivity contribution < 1.29 is 0 Å². The zero-order valence-electron chi connectivity index (χ0n) is 8.54. The number of rotatable bonds is 3. The van der Waals surface area contributed by atoms with Gasteiger partial charge in [-0.05, 0) is 26.3 Å². The van der Waals surface area contributed by atoms with E-state index in [0.29, 0.717) is 0 Å². The molecule has 3 heteroatoms. The summed E-state index contributed by atoms with van der Waals surface area (Å²) in [5, 5.41) is 4.25. The van der Waals surface area contributed by atoms with E-state index in [1.54, 1.807) is 0 Å². The van der Waals surface area contributed by atoms with Crippen LogP contribution in [0.4, 0.5) is 0 Å². The van der Waals surface area contributed by atoms with Crippen molar-refractivity contribution in [3.05, 3.63) is 29.6 Å². The molecule has 0 spiro atoms. The van der Waals surface area contributed by atoms with Crippen LogP contribution in [0.2, 0.25) is 0 Å². The minimum atomic E-state index is 0.0173. The van der Waals surface area contributed by atoms with Gasteiger partial charge in [-0.25, -0.2) is 0 Å². The number of aromatic nitrogens is 2. The molecular weight excluding hydrogens is 162 g/mol. The van der Waals surface area contributed by atoms with Gasteiger partial charge in [-0.3, -0.25) is 4.68 Å². The summed E-state index contributed by atoms with van der Waals surface area (Å²) in [6.45, 7) is 7.81. The molecule has 2 N–H and O–H groups in total. The van der Waals surface area contributed by atoms with Gasteiger partial charge < -0.3 is 5.73 Å². The predicted octanol–water partition coefficient (Wildman–Crippen LogP) is 1.69. The molecule has 0 amide bonds. The first-order chi connectivity index (χ1) is 6.00. The van der Waals surface area contributed by atoms with Crippen molar-refractivity contribution in [2.45, 2.75) is 26.3 Å². The van der Waals surface area contributed by atoms with Crippen LogP contribution in [0.15, 0.2) is 18.2 Å². The fraction of sp³-hybridized carbons (Fsp3) is 0.500. The van der Waals surface area contributed by atoms with Crippen LogP contribution < -0.4 is 5.73 Å². The monoisotopic (exact) mass is 179 g/mol. The van der Waals surface area contributed by atoms with Crippen LogP contribution in [0.25, 0.3) is 0 Å². The summed E-state index contributed by atoms with van der Waals surface area (Å²) >= 11 is 0. The molecular formula is C10H17N3. The number of hydrogen-bond donors (Lipinski definition) is 1. The summed E-state index contributed by atoms with van der Waals surface area (Å²) in [4.78, 5) is 0. The maximum atomic E-state index is 5.99. The highest BCUT2D eigenvalue weighted by molar-refractivity contribution is 5.14. The van der Waals surface area contributed by atoms with Crippen molar-refractivity contribution in [1.82, 2.24) is 9.78 Å². The summed E-state index contributed by atoms with van der Waals surface area (Å²) in [7, 11) is 1.92. The van der Waals surface area contributed by atoms with E-state index in [9.17, 15) is 0 Å². The third-order valence-corrected chi connectivity index (χ3v) is 1.99. The molecule has 1 rings (SSSR count). The van der Waals surface area contributed by atoms with Crippen molar-refractivity contribution >= 4 is 0 Å². The Morgan fingerprint density at radius 1 is 1.77 bits per heavy atom.